The minimum Gasteiger partial charge on any atom is -0.389 e. The second-order valence-electron chi connectivity index (χ2n) is 4.96. The molecule has 2 aliphatic rings. The number of hydrogen-bond acceptors (Lipinski definition) is 4. The van der Waals surface area contributed by atoms with E-state index >= 15 is 0 Å². The summed E-state index contributed by atoms with van der Waals surface area (Å²) < 4.78 is 0. The number of β-amino-alcohol motifs (C(OH)–C–C–N with tert-alkyl or cyclic N) is 1. The summed E-state index contributed by atoms with van der Waals surface area (Å²) in [5, 5.41) is 11.7. The number of nitrogens with one attached hydrogen (secondary N) is 1. The molecule has 0 bridgehead atoms. The van der Waals surface area contributed by atoms with E-state index in [2.05, 4.69) is 5.32 Å². The number of aliphatic hydroxyl groups excluding tert-OH is 1. The summed E-state index contributed by atoms with van der Waals surface area (Å²) in [7, 11) is 0. The molecule has 4 amide bonds. The number of hydrogen-bond donors (Lipinski definition) is 2. The van der Waals surface area contributed by atoms with Crippen LogP contribution >= 0.6 is 0 Å². The third kappa shape index (κ3) is 1.94. The lowest BCUT2D eigenvalue weighted by atomic mass is 9.99. The number of carbonyl (C=O) groups is 3. The highest BCUT2D eigenvalue weighted by molar-refractivity contribution is 6.08. The molecule has 2 aliphatic heterocycles. The number of imide groups is 1. The Balaban J connectivity index is 1.99. The average molecular weight is 255 g/mol. The molecule has 2 rings (SSSR count). The van der Waals surface area contributed by atoms with Crippen LogP contribution in [0.2, 0.25) is 0 Å². The number of urea groups is 1. The summed E-state index contributed by atoms with van der Waals surface area (Å²) in [5.74, 6) is -0.687. The number of rotatable bonds is 3. The van der Waals surface area contributed by atoms with E-state index in [0.29, 0.717) is 6.42 Å². The fraction of sp³-hybridized carbons (Fsp3) is 0.727. The van der Waals surface area contributed by atoms with Gasteiger partial charge in [0.15, 0.2) is 0 Å². The van der Waals surface area contributed by atoms with Crippen LogP contribution in [-0.2, 0) is 9.59 Å². The van der Waals surface area contributed by atoms with E-state index in [0.717, 1.165) is 4.90 Å². The smallest absolute Gasteiger partial charge is 0.325 e. The van der Waals surface area contributed by atoms with Gasteiger partial charge in [0.25, 0.3) is 5.91 Å². The van der Waals surface area contributed by atoms with Crippen molar-refractivity contribution < 1.29 is 19.5 Å². The van der Waals surface area contributed by atoms with Crippen LogP contribution in [-0.4, -0.2) is 64.0 Å². The lowest BCUT2D eigenvalue weighted by Gasteiger charge is -2.36. The van der Waals surface area contributed by atoms with Crippen molar-refractivity contribution in [1.82, 2.24) is 15.1 Å². The second kappa shape index (κ2) is 4.24. The molecular formula is C11H17N3O4. The fourth-order valence-corrected chi connectivity index (χ4v) is 2.02. The van der Waals surface area contributed by atoms with Crippen LogP contribution in [0.15, 0.2) is 0 Å². The molecule has 0 aliphatic carbocycles. The summed E-state index contributed by atoms with van der Waals surface area (Å²) in [4.78, 5) is 37.8. The zero-order valence-electron chi connectivity index (χ0n) is 10.5. The lowest BCUT2D eigenvalue weighted by Crippen LogP contribution is -2.56. The first kappa shape index (κ1) is 12.8. The number of amides is 4. The van der Waals surface area contributed by atoms with Gasteiger partial charge in [-0.3, -0.25) is 14.5 Å². The highest BCUT2D eigenvalue weighted by atomic mass is 16.3. The van der Waals surface area contributed by atoms with Crippen LogP contribution in [0.1, 0.15) is 20.3 Å². The molecule has 0 radical (unpaired) electrons. The quantitative estimate of drug-likeness (QED) is 0.627. The maximum atomic E-state index is 12.0. The van der Waals surface area contributed by atoms with Crippen molar-refractivity contribution in [3.05, 3.63) is 0 Å². The molecule has 7 nitrogen and oxygen atoms in total. The van der Waals surface area contributed by atoms with Gasteiger partial charge in [0.1, 0.15) is 12.1 Å². The molecule has 1 unspecified atom stereocenters. The summed E-state index contributed by atoms with van der Waals surface area (Å²) in [6.45, 7) is 3.73. The van der Waals surface area contributed by atoms with Crippen LogP contribution in [0.25, 0.3) is 0 Å². The van der Waals surface area contributed by atoms with Gasteiger partial charge in [-0.15, -0.1) is 0 Å². The van der Waals surface area contributed by atoms with Crippen molar-refractivity contribution in [2.45, 2.75) is 31.9 Å². The van der Waals surface area contributed by atoms with Gasteiger partial charge in [0.2, 0.25) is 5.91 Å². The van der Waals surface area contributed by atoms with Crippen LogP contribution < -0.4 is 5.32 Å². The van der Waals surface area contributed by atoms with Crippen molar-refractivity contribution in [3.63, 3.8) is 0 Å². The first-order chi connectivity index (χ1) is 8.37. The summed E-state index contributed by atoms with van der Waals surface area (Å²) in [6.07, 6.45) is -0.0111. The lowest BCUT2D eigenvalue weighted by molar-refractivity contribution is -0.145. The minimum atomic E-state index is -0.911. The summed E-state index contributed by atoms with van der Waals surface area (Å²) in [6, 6.07) is -0.529. The monoisotopic (exact) mass is 255 g/mol. The minimum absolute atomic E-state index is 0.257. The first-order valence-corrected chi connectivity index (χ1v) is 5.97. The van der Waals surface area contributed by atoms with Gasteiger partial charge in [-0.2, -0.15) is 0 Å². The molecule has 2 saturated heterocycles. The molecule has 2 N–H and O–H groups in total. The van der Waals surface area contributed by atoms with Crippen molar-refractivity contribution in [2.75, 3.05) is 19.6 Å². The van der Waals surface area contributed by atoms with Gasteiger partial charge >= 0.3 is 6.03 Å². The standard InChI is InChI=1S/C11H17N3O4/c1-3-11(2)9(17)14(10(18)12-11)6-8(16)13-4-7(15)5-13/h7,15H,3-6H2,1-2H3,(H,12,18). The van der Waals surface area contributed by atoms with Gasteiger partial charge in [-0.25, -0.2) is 4.79 Å². The van der Waals surface area contributed by atoms with Gasteiger partial charge in [0, 0.05) is 13.1 Å². The number of nitrogens with zero attached hydrogens (tertiary/aromatic N) is 2. The molecule has 0 aromatic carbocycles. The summed E-state index contributed by atoms with van der Waals surface area (Å²) >= 11 is 0. The van der Waals surface area contributed by atoms with Crippen molar-refractivity contribution >= 4 is 17.8 Å². The topological polar surface area (TPSA) is 90.0 Å². The van der Waals surface area contributed by atoms with Crippen LogP contribution in [0.5, 0.6) is 0 Å². The Bertz CT molecular complexity index is 405. The van der Waals surface area contributed by atoms with Gasteiger partial charge in [0.05, 0.1) is 6.10 Å². The van der Waals surface area contributed by atoms with Gasteiger partial charge in [-0.05, 0) is 13.3 Å². The van der Waals surface area contributed by atoms with Crippen LogP contribution in [0.4, 0.5) is 4.79 Å². The first-order valence-electron chi connectivity index (χ1n) is 5.97. The maximum absolute atomic E-state index is 12.0. The van der Waals surface area contributed by atoms with E-state index in [1.807, 2.05) is 0 Å². The Morgan fingerprint density at radius 1 is 1.50 bits per heavy atom. The van der Waals surface area contributed by atoms with Crippen molar-refractivity contribution in [3.8, 4) is 0 Å². The molecule has 100 valence electrons. The molecule has 7 heteroatoms. The van der Waals surface area contributed by atoms with Crippen LogP contribution in [0, 0.1) is 0 Å². The zero-order valence-corrected chi connectivity index (χ0v) is 10.5. The average Bonchev–Trinajstić information content (AvgIpc) is 2.49. The molecule has 1 atom stereocenters. The molecule has 0 saturated carbocycles. The summed E-state index contributed by atoms with van der Waals surface area (Å²) in [5.41, 5.74) is -0.911. The highest BCUT2D eigenvalue weighted by Crippen LogP contribution is 2.21. The number of likely N-dealkylation sites (tertiary alicyclic amines) is 1. The third-order valence-electron chi connectivity index (χ3n) is 3.56. The molecule has 0 aromatic rings. The molecule has 2 fully saturated rings. The fourth-order valence-electron chi connectivity index (χ4n) is 2.02. The largest absolute Gasteiger partial charge is 0.389 e. The molecule has 2 heterocycles. The third-order valence-corrected chi connectivity index (χ3v) is 3.56. The van der Waals surface area contributed by atoms with Gasteiger partial charge < -0.3 is 15.3 Å². The Kier molecular flexibility index (Phi) is 3.02. The Labute approximate surface area is 105 Å². The Morgan fingerprint density at radius 3 is 2.56 bits per heavy atom. The van der Waals surface area contributed by atoms with E-state index in [9.17, 15) is 14.4 Å². The predicted molar refractivity (Wildman–Crippen MR) is 61.5 cm³/mol. The van der Waals surface area contributed by atoms with Gasteiger partial charge in [-0.1, -0.05) is 6.92 Å². The molecule has 0 spiro atoms. The number of carbonyl (C=O) groups excluding carboxylic acids is 3. The predicted octanol–water partition coefficient (Wildman–Crippen LogP) is -1.09. The van der Waals surface area contributed by atoms with Crippen LogP contribution in [0.3, 0.4) is 0 Å². The number of aliphatic hydroxyl groups is 1. The second-order valence-corrected chi connectivity index (χ2v) is 4.96. The normalized spacial score (nSPS) is 28.4. The van der Waals surface area contributed by atoms with E-state index in [1.54, 1.807) is 13.8 Å². The Morgan fingerprint density at radius 2 is 2.11 bits per heavy atom. The Hall–Kier alpha value is -1.63. The SMILES string of the molecule is CCC1(C)NC(=O)N(CC(=O)N2CC(O)C2)C1=O. The maximum Gasteiger partial charge on any atom is 0.325 e. The van der Waals surface area contributed by atoms with Crippen molar-refractivity contribution in [1.29, 1.82) is 0 Å². The highest BCUT2D eigenvalue weighted by Gasteiger charge is 2.47. The van der Waals surface area contributed by atoms with Crippen molar-refractivity contribution in [2.24, 2.45) is 0 Å². The van der Waals surface area contributed by atoms with E-state index in [4.69, 9.17) is 5.11 Å². The molecular weight excluding hydrogens is 238 g/mol. The molecule has 18 heavy (non-hydrogen) atoms. The van der Waals surface area contributed by atoms with E-state index in [1.165, 1.54) is 4.90 Å². The van der Waals surface area contributed by atoms with E-state index in [-0.39, 0.29) is 31.4 Å². The molecule has 0 aromatic heterocycles. The zero-order chi connectivity index (χ0) is 13.5. The van der Waals surface area contributed by atoms with E-state index < -0.39 is 17.7 Å².